The first-order chi connectivity index (χ1) is 9.55. The molecule has 0 aliphatic heterocycles. The first-order valence-corrected chi connectivity index (χ1v) is 8.11. The number of anilines is 1. The van der Waals surface area contributed by atoms with Crippen LogP contribution in [0.5, 0.6) is 0 Å². The van der Waals surface area contributed by atoms with Gasteiger partial charge in [-0.25, -0.2) is 13.1 Å². The molecular weight excluding hydrogens is 294 g/mol. The number of nitrogens with one attached hydrogen (secondary N) is 2. The van der Waals surface area contributed by atoms with Gasteiger partial charge in [-0.1, -0.05) is 0 Å². The smallest absolute Gasteiger partial charge is 0.240 e. The van der Waals surface area contributed by atoms with Gasteiger partial charge in [0.1, 0.15) is 10.9 Å². The van der Waals surface area contributed by atoms with E-state index in [0.717, 1.165) is 10.6 Å². The van der Waals surface area contributed by atoms with E-state index in [0.29, 0.717) is 11.4 Å². The number of sulfonamides is 1. The molecule has 1 heterocycles. The van der Waals surface area contributed by atoms with Gasteiger partial charge < -0.3 is 5.32 Å². The molecule has 0 aliphatic rings. The van der Waals surface area contributed by atoms with E-state index < -0.39 is 10.0 Å². The van der Waals surface area contributed by atoms with Crippen LogP contribution in [-0.2, 0) is 16.6 Å². The highest BCUT2D eigenvalue weighted by Crippen LogP contribution is 2.18. The SMILES string of the molecule is CNS(=O)(=O)c1ccc(NCc2ccc(C#N)s2)cc1. The lowest BCUT2D eigenvalue weighted by atomic mass is 10.3. The third kappa shape index (κ3) is 3.36. The van der Waals surface area contributed by atoms with Gasteiger partial charge in [-0.2, -0.15) is 5.26 Å². The van der Waals surface area contributed by atoms with Crippen molar-refractivity contribution in [2.24, 2.45) is 0 Å². The Morgan fingerprint density at radius 2 is 1.90 bits per heavy atom. The summed E-state index contributed by atoms with van der Waals surface area (Å²) in [6.07, 6.45) is 0. The molecule has 0 atom stereocenters. The van der Waals surface area contributed by atoms with Crippen LogP contribution in [0.2, 0.25) is 0 Å². The van der Waals surface area contributed by atoms with Gasteiger partial charge in [0.15, 0.2) is 0 Å². The summed E-state index contributed by atoms with van der Waals surface area (Å²) in [7, 11) is -2.01. The van der Waals surface area contributed by atoms with E-state index in [1.807, 2.05) is 6.07 Å². The number of nitrogens with zero attached hydrogens (tertiary/aromatic N) is 1. The summed E-state index contributed by atoms with van der Waals surface area (Å²) in [5, 5.41) is 11.9. The second-order valence-electron chi connectivity index (χ2n) is 3.96. The Morgan fingerprint density at radius 3 is 2.45 bits per heavy atom. The molecule has 0 aliphatic carbocycles. The van der Waals surface area contributed by atoms with E-state index in [2.05, 4.69) is 16.1 Å². The molecule has 1 aromatic heterocycles. The van der Waals surface area contributed by atoms with Crippen LogP contribution in [0.25, 0.3) is 0 Å². The monoisotopic (exact) mass is 307 g/mol. The second kappa shape index (κ2) is 6.05. The minimum Gasteiger partial charge on any atom is -0.380 e. The minimum absolute atomic E-state index is 0.230. The van der Waals surface area contributed by atoms with Crippen molar-refractivity contribution >= 4 is 27.0 Å². The van der Waals surface area contributed by atoms with Crippen molar-refractivity contribution in [2.45, 2.75) is 11.4 Å². The van der Waals surface area contributed by atoms with Crippen LogP contribution < -0.4 is 10.0 Å². The highest BCUT2D eigenvalue weighted by atomic mass is 32.2. The van der Waals surface area contributed by atoms with Gasteiger partial charge in [0.05, 0.1) is 4.90 Å². The van der Waals surface area contributed by atoms with Gasteiger partial charge in [0.25, 0.3) is 0 Å². The average molecular weight is 307 g/mol. The average Bonchev–Trinajstić information content (AvgIpc) is 2.93. The molecule has 1 aromatic carbocycles. The van der Waals surface area contributed by atoms with Crippen LogP contribution in [-0.4, -0.2) is 15.5 Å². The highest BCUT2D eigenvalue weighted by Gasteiger charge is 2.10. The molecule has 0 bridgehead atoms. The van der Waals surface area contributed by atoms with Crippen LogP contribution in [0.15, 0.2) is 41.3 Å². The molecule has 0 saturated heterocycles. The summed E-state index contributed by atoms with van der Waals surface area (Å²) in [5.74, 6) is 0. The predicted octanol–water partition coefficient (Wildman–Crippen LogP) is 2.14. The first-order valence-electron chi connectivity index (χ1n) is 5.81. The summed E-state index contributed by atoms with van der Waals surface area (Å²) in [6, 6.07) is 12.3. The molecule has 20 heavy (non-hydrogen) atoms. The Balaban J connectivity index is 2.03. The van der Waals surface area contributed by atoms with Crippen LogP contribution in [0.1, 0.15) is 9.75 Å². The molecule has 104 valence electrons. The van der Waals surface area contributed by atoms with Crippen molar-refractivity contribution in [3.8, 4) is 6.07 Å². The van der Waals surface area contributed by atoms with Gasteiger partial charge in [-0.15, -0.1) is 11.3 Å². The number of thiophene rings is 1. The normalized spacial score (nSPS) is 11.0. The van der Waals surface area contributed by atoms with Crippen molar-refractivity contribution in [3.63, 3.8) is 0 Å². The zero-order valence-electron chi connectivity index (χ0n) is 10.8. The lowest BCUT2D eigenvalue weighted by Gasteiger charge is -2.06. The largest absolute Gasteiger partial charge is 0.380 e. The lowest BCUT2D eigenvalue weighted by Crippen LogP contribution is -2.18. The Kier molecular flexibility index (Phi) is 4.39. The van der Waals surface area contributed by atoms with E-state index in [9.17, 15) is 8.42 Å². The van der Waals surface area contributed by atoms with Crippen LogP contribution in [0, 0.1) is 11.3 Å². The van der Waals surface area contributed by atoms with Crippen molar-refractivity contribution in [1.29, 1.82) is 5.26 Å². The maximum absolute atomic E-state index is 11.6. The van der Waals surface area contributed by atoms with Gasteiger partial charge in [-0.05, 0) is 43.4 Å². The molecule has 0 radical (unpaired) electrons. The fourth-order valence-electron chi connectivity index (χ4n) is 1.59. The number of benzene rings is 1. The minimum atomic E-state index is -3.39. The Bertz CT molecular complexity index is 728. The van der Waals surface area contributed by atoms with E-state index in [4.69, 9.17) is 5.26 Å². The standard InChI is InChI=1S/C13H13N3O2S2/c1-15-20(17,18)13-6-2-10(3-7-13)16-9-12-5-4-11(8-14)19-12/h2-7,15-16H,9H2,1H3. The first kappa shape index (κ1) is 14.5. The van der Waals surface area contributed by atoms with E-state index in [1.165, 1.54) is 18.4 Å². The molecule has 5 nitrogen and oxygen atoms in total. The molecule has 0 saturated carbocycles. The third-order valence-corrected chi connectivity index (χ3v) is 5.09. The van der Waals surface area contributed by atoms with E-state index in [-0.39, 0.29) is 4.90 Å². The summed E-state index contributed by atoms with van der Waals surface area (Å²) >= 11 is 1.43. The van der Waals surface area contributed by atoms with Gasteiger partial charge in [-0.3, -0.25) is 0 Å². The Morgan fingerprint density at radius 1 is 1.20 bits per heavy atom. The number of hydrogen-bond donors (Lipinski definition) is 2. The fourth-order valence-corrected chi connectivity index (χ4v) is 3.07. The highest BCUT2D eigenvalue weighted by molar-refractivity contribution is 7.89. The van der Waals surface area contributed by atoms with Gasteiger partial charge in [0.2, 0.25) is 10.0 Å². The van der Waals surface area contributed by atoms with Crippen molar-refractivity contribution in [2.75, 3.05) is 12.4 Å². The summed E-state index contributed by atoms with van der Waals surface area (Å²) in [6.45, 7) is 0.602. The zero-order valence-corrected chi connectivity index (χ0v) is 12.4. The quantitative estimate of drug-likeness (QED) is 0.886. The molecule has 0 amide bonds. The van der Waals surface area contributed by atoms with Crippen LogP contribution in [0.4, 0.5) is 5.69 Å². The molecule has 2 rings (SSSR count). The van der Waals surface area contributed by atoms with Crippen molar-refractivity contribution in [1.82, 2.24) is 4.72 Å². The Labute approximate surface area is 121 Å². The van der Waals surface area contributed by atoms with Crippen molar-refractivity contribution in [3.05, 3.63) is 46.2 Å². The van der Waals surface area contributed by atoms with Crippen molar-refractivity contribution < 1.29 is 8.42 Å². The second-order valence-corrected chi connectivity index (χ2v) is 7.02. The van der Waals surface area contributed by atoms with Crippen LogP contribution in [0.3, 0.4) is 0 Å². The molecule has 7 heteroatoms. The predicted molar refractivity (Wildman–Crippen MR) is 79.0 cm³/mol. The molecule has 2 aromatic rings. The number of nitriles is 1. The summed E-state index contributed by atoms with van der Waals surface area (Å²) < 4.78 is 25.4. The van der Waals surface area contributed by atoms with Gasteiger partial charge >= 0.3 is 0 Å². The van der Waals surface area contributed by atoms with Gasteiger partial charge in [0, 0.05) is 17.1 Å². The topological polar surface area (TPSA) is 82.0 Å². The summed E-state index contributed by atoms with van der Waals surface area (Å²) in [5.41, 5.74) is 0.826. The summed E-state index contributed by atoms with van der Waals surface area (Å²) in [4.78, 5) is 1.96. The van der Waals surface area contributed by atoms with E-state index in [1.54, 1.807) is 30.3 Å². The molecule has 0 fully saturated rings. The molecular formula is C13H13N3O2S2. The number of rotatable bonds is 5. The maximum atomic E-state index is 11.6. The zero-order chi connectivity index (χ0) is 14.6. The maximum Gasteiger partial charge on any atom is 0.240 e. The molecule has 0 unspecified atom stereocenters. The third-order valence-electron chi connectivity index (χ3n) is 2.67. The Hall–Kier alpha value is -1.88. The molecule has 2 N–H and O–H groups in total. The lowest BCUT2D eigenvalue weighted by molar-refractivity contribution is 0.588. The van der Waals surface area contributed by atoms with E-state index >= 15 is 0 Å². The fraction of sp³-hybridized carbons (Fsp3) is 0.154. The number of hydrogen-bond acceptors (Lipinski definition) is 5. The molecule has 0 spiro atoms. The van der Waals surface area contributed by atoms with Crippen LogP contribution >= 0.6 is 11.3 Å².